The summed E-state index contributed by atoms with van der Waals surface area (Å²) < 4.78 is 2.11. The molecule has 0 amide bonds. The van der Waals surface area contributed by atoms with Gasteiger partial charge < -0.3 is 10.6 Å². The highest BCUT2D eigenvalue weighted by Crippen LogP contribution is 2.28. The summed E-state index contributed by atoms with van der Waals surface area (Å²) in [5, 5.41) is 2.05. The van der Waals surface area contributed by atoms with Crippen molar-refractivity contribution in [3.8, 4) is 0 Å². The number of anilines is 1. The summed E-state index contributed by atoms with van der Waals surface area (Å²) in [7, 11) is 0. The van der Waals surface area contributed by atoms with Crippen LogP contribution in [0.2, 0.25) is 0 Å². The number of aromatic nitrogens is 2. The molecule has 0 aromatic carbocycles. The van der Waals surface area contributed by atoms with Crippen molar-refractivity contribution in [3.05, 3.63) is 17.3 Å². The molecule has 1 unspecified atom stereocenters. The second-order valence-corrected chi connectivity index (χ2v) is 5.35. The standard InChI is InChI=1S/C11H16N4S/c1-8-2-3-14(7-8)10-9(6-12)15-4-5-16-11(15)13-10/h4-5,8H,2-3,6-7,12H2,1H3. The van der Waals surface area contributed by atoms with Crippen LogP contribution in [0, 0.1) is 5.92 Å². The number of imidazole rings is 1. The number of fused-ring (bicyclic) bond motifs is 1. The van der Waals surface area contributed by atoms with Crippen molar-refractivity contribution in [2.75, 3.05) is 18.0 Å². The van der Waals surface area contributed by atoms with Gasteiger partial charge in [0.15, 0.2) is 10.8 Å². The second-order valence-electron chi connectivity index (χ2n) is 4.48. The Morgan fingerprint density at radius 2 is 2.50 bits per heavy atom. The summed E-state index contributed by atoms with van der Waals surface area (Å²) >= 11 is 1.67. The first-order valence-corrected chi connectivity index (χ1v) is 6.57. The van der Waals surface area contributed by atoms with Gasteiger partial charge in [-0.1, -0.05) is 6.92 Å². The molecule has 0 bridgehead atoms. The van der Waals surface area contributed by atoms with Gasteiger partial charge in [0.05, 0.1) is 5.69 Å². The zero-order chi connectivity index (χ0) is 11.1. The number of rotatable bonds is 2. The van der Waals surface area contributed by atoms with Gasteiger partial charge in [0.25, 0.3) is 0 Å². The lowest BCUT2D eigenvalue weighted by atomic mass is 10.2. The predicted molar refractivity (Wildman–Crippen MR) is 67.0 cm³/mol. The van der Waals surface area contributed by atoms with Crippen LogP contribution >= 0.6 is 11.3 Å². The first kappa shape index (κ1) is 10.1. The van der Waals surface area contributed by atoms with Crippen molar-refractivity contribution < 1.29 is 0 Å². The van der Waals surface area contributed by atoms with E-state index in [0.29, 0.717) is 6.54 Å². The molecule has 0 aliphatic carbocycles. The first-order chi connectivity index (χ1) is 7.79. The molecule has 0 radical (unpaired) electrons. The summed E-state index contributed by atoms with van der Waals surface area (Å²) in [4.78, 5) is 8.11. The SMILES string of the molecule is CC1CCN(c2nc3sccn3c2CN)C1. The van der Waals surface area contributed by atoms with Gasteiger partial charge in [0.1, 0.15) is 0 Å². The van der Waals surface area contributed by atoms with Crippen LogP contribution in [0.4, 0.5) is 5.82 Å². The van der Waals surface area contributed by atoms with Gasteiger partial charge in [-0.2, -0.15) is 0 Å². The third-order valence-electron chi connectivity index (χ3n) is 3.26. The quantitative estimate of drug-likeness (QED) is 0.863. The second kappa shape index (κ2) is 3.75. The molecule has 16 heavy (non-hydrogen) atoms. The van der Waals surface area contributed by atoms with Crippen LogP contribution in [-0.2, 0) is 6.54 Å². The predicted octanol–water partition coefficient (Wildman–Crippen LogP) is 1.70. The zero-order valence-corrected chi connectivity index (χ0v) is 10.2. The number of thiazole rings is 1. The van der Waals surface area contributed by atoms with Crippen molar-refractivity contribution in [2.45, 2.75) is 19.9 Å². The Hall–Kier alpha value is -1.07. The number of hydrogen-bond acceptors (Lipinski definition) is 4. The molecule has 2 aromatic heterocycles. The highest BCUT2D eigenvalue weighted by molar-refractivity contribution is 7.15. The lowest BCUT2D eigenvalue weighted by Crippen LogP contribution is -2.21. The van der Waals surface area contributed by atoms with Gasteiger partial charge in [0, 0.05) is 31.2 Å². The fourth-order valence-electron chi connectivity index (χ4n) is 2.39. The van der Waals surface area contributed by atoms with E-state index in [2.05, 4.69) is 32.8 Å². The normalized spacial score (nSPS) is 21.1. The molecule has 0 spiro atoms. The summed E-state index contributed by atoms with van der Waals surface area (Å²) in [6, 6.07) is 0. The van der Waals surface area contributed by atoms with E-state index in [0.717, 1.165) is 35.5 Å². The number of nitrogens with zero attached hydrogens (tertiary/aromatic N) is 3. The first-order valence-electron chi connectivity index (χ1n) is 5.69. The molecule has 1 aliphatic rings. The maximum Gasteiger partial charge on any atom is 0.195 e. The Balaban J connectivity index is 2.05. The molecule has 4 nitrogen and oxygen atoms in total. The molecule has 3 rings (SSSR count). The fraction of sp³-hybridized carbons (Fsp3) is 0.545. The Morgan fingerprint density at radius 3 is 3.19 bits per heavy atom. The molecule has 3 heterocycles. The van der Waals surface area contributed by atoms with Crippen molar-refractivity contribution in [1.29, 1.82) is 0 Å². The molecule has 2 N–H and O–H groups in total. The minimum Gasteiger partial charge on any atom is -0.355 e. The maximum atomic E-state index is 5.84. The Morgan fingerprint density at radius 1 is 1.62 bits per heavy atom. The summed E-state index contributed by atoms with van der Waals surface area (Å²) in [5.74, 6) is 1.86. The van der Waals surface area contributed by atoms with Crippen LogP contribution in [0.25, 0.3) is 4.96 Å². The van der Waals surface area contributed by atoms with E-state index in [1.807, 2.05) is 0 Å². The van der Waals surface area contributed by atoms with Crippen LogP contribution in [0.5, 0.6) is 0 Å². The largest absolute Gasteiger partial charge is 0.355 e. The van der Waals surface area contributed by atoms with Crippen LogP contribution in [-0.4, -0.2) is 22.5 Å². The molecule has 1 fully saturated rings. The monoisotopic (exact) mass is 236 g/mol. The van der Waals surface area contributed by atoms with E-state index in [1.165, 1.54) is 6.42 Å². The fourth-order valence-corrected chi connectivity index (χ4v) is 3.12. The van der Waals surface area contributed by atoms with Gasteiger partial charge in [-0.3, -0.25) is 4.40 Å². The summed E-state index contributed by atoms with van der Waals surface area (Å²) in [5.41, 5.74) is 6.98. The molecular formula is C11H16N4S. The third kappa shape index (κ3) is 1.43. The zero-order valence-electron chi connectivity index (χ0n) is 9.39. The molecular weight excluding hydrogens is 220 g/mol. The summed E-state index contributed by atoms with van der Waals surface area (Å²) in [6.45, 7) is 5.06. The van der Waals surface area contributed by atoms with E-state index in [-0.39, 0.29) is 0 Å². The van der Waals surface area contributed by atoms with Crippen molar-refractivity contribution >= 4 is 22.1 Å². The van der Waals surface area contributed by atoms with E-state index < -0.39 is 0 Å². The number of hydrogen-bond donors (Lipinski definition) is 1. The van der Waals surface area contributed by atoms with Gasteiger partial charge in [-0.15, -0.1) is 11.3 Å². The molecule has 1 aliphatic heterocycles. The van der Waals surface area contributed by atoms with E-state index in [1.54, 1.807) is 11.3 Å². The van der Waals surface area contributed by atoms with E-state index >= 15 is 0 Å². The minimum absolute atomic E-state index is 0.554. The van der Waals surface area contributed by atoms with Crippen molar-refractivity contribution in [2.24, 2.45) is 11.7 Å². The molecule has 0 saturated carbocycles. The van der Waals surface area contributed by atoms with Crippen molar-refractivity contribution in [1.82, 2.24) is 9.38 Å². The lowest BCUT2D eigenvalue weighted by molar-refractivity contribution is 0.658. The molecule has 86 valence electrons. The highest BCUT2D eigenvalue weighted by Gasteiger charge is 2.24. The molecule has 5 heteroatoms. The topological polar surface area (TPSA) is 46.6 Å². The molecule has 1 saturated heterocycles. The average Bonchev–Trinajstić information content (AvgIpc) is 2.90. The van der Waals surface area contributed by atoms with Gasteiger partial charge in [0.2, 0.25) is 0 Å². The van der Waals surface area contributed by atoms with E-state index in [9.17, 15) is 0 Å². The summed E-state index contributed by atoms with van der Waals surface area (Å²) in [6.07, 6.45) is 3.31. The van der Waals surface area contributed by atoms with Gasteiger partial charge >= 0.3 is 0 Å². The molecule has 2 aromatic rings. The van der Waals surface area contributed by atoms with Crippen LogP contribution < -0.4 is 10.6 Å². The Labute approximate surface area is 98.7 Å². The van der Waals surface area contributed by atoms with Crippen molar-refractivity contribution in [3.63, 3.8) is 0 Å². The van der Waals surface area contributed by atoms with Crippen LogP contribution in [0.1, 0.15) is 19.0 Å². The minimum atomic E-state index is 0.554. The smallest absolute Gasteiger partial charge is 0.195 e. The van der Waals surface area contributed by atoms with Gasteiger partial charge in [-0.25, -0.2) is 4.98 Å². The maximum absolute atomic E-state index is 5.84. The Kier molecular flexibility index (Phi) is 2.37. The Bertz CT molecular complexity index is 501. The van der Waals surface area contributed by atoms with E-state index in [4.69, 9.17) is 5.73 Å². The lowest BCUT2D eigenvalue weighted by Gasteiger charge is -2.16. The van der Waals surface area contributed by atoms with Crippen LogP contribution in [0.15, 0.2) is 11.6 Å². The van der Waals surface area contributed by atoms with Gasteiger partial charge in [-0.05, 0) is 12.3 Å². The highest BCUT2D eigenvalue weighted by atomic mass is 32.1. The molecule has 1 atom stereocenters. The third-order valence-corrected chi connectivity index (χ3v) is 4.01. The average molecular weight is 236 g/mol. The van der Waals surface area contributed by atoms with Crippen LogP contribution in [0.3, 0.4) is 0 Å². The number of nitrogens with two attached hydrogens (primary N) is 1.